The van der Waals surface area contributed by atoms with E-state index in [9.17, 15) is 0 Å². The molecule has 6 heteroatoms. The molecule has 3 rings (SSSR count). The maximum atomic E-state index is 4.45. The maximum Gasteiger partial charge on any atom is 0.191 e. The Labute approximate surface area is 162 Å². The number of nitrogens with zero attached hydrogens (tertiary/aromatic N) is 3. The van der Waals surface area contributed by atoms with E-state index >= 15 is 0 Å². The van der Waals surface area contributed by atoms with Gasteiger partial charge in [-0.15, -0.1) is 11.3 Å². The molecular formula is C20H35N5S. The minimum absolute atomic E-state index is 0.516. The molecule has 2 N–H and O–H groups in total. The molecule has 2 aliphatic rings. The summed E-state index contributed by atoms with van der Waals surface area (Å²) in [6.07, 6.45) is 5.04. The fraction of sp³-hybridized carbons (Fsp3) is 0.750. The number of guanidine groups is 1. The molecule has 0 aromatic carbocycles. The highest BCUT2D eigenvalue weighted by molar-refractivity contribution is 7.14. The first kappa shape index (κ1) is 19.5. The van der Waals surface area contributed by atoms with Crippen molar-refractivity contribution in [3.8, 4) is 0 Å². The molecule has 1 aromatic rings. The van der Waals surface area contributed by atoms with Crippen LogP contribution in [0.5, 0.6) is 0 Å². The number of likely N-dealkylation sites (tertiary alicyclic amines) is 1. The second-order valence-electron chi connectivity index (χ2n) is 7.90. The minimum atomic E-state index is 0.516. The molecule has 0 bridgehead atoms. The summed E-state index contributed by atoms with van der Waals surface area (Å²) >= 11 is 1.84. The normalized spacial score (nSPS) is 24.5. The van der Waals surface area contributed by atoms with Gasteiger partial charge < -0.3 is 15.5 Å². The van der Waals surface area contributed by atoms with Crippen LogP contribution in [0.1, 0.15) is 39.5 Å². The lowest BCUT2D eigenvalue weighted by Gasteiger charge is -2.36. The minimum Gasteiger partial charge on any atom is -0.363 e. The van der Waals surface area contributed by atoms with Crippen molar-refractivity contribution in [1.82, 2.24) is 15.5 Å². The van der Waals surface area contributed by atoms with E-state index in [1.807, 2.05) is 18.4 Å². The van der Waals surface area contributed by atoms with Crippen molar-refractivity contribution in [2.24, 2.45) is 10.9 Å². The van der Waals surface area contributed by atoms with Crippen LogP contribution in [-0.2, 0) is 0 Å². The molecule has 0 spiro atoms. The zero-order valence-corrected chi connectivity index (χ0v) is 17.4. The number of aliphatic imine (C=N–C) groups is 1. The number of thiophene rings is 1. The van der Waals surface area contributed by atoms with Gasteiger partial charge in [-0.2, -0.15) is 0 Å². The van der Waals surface area contributed by atoms with Crippen molar-refractivity contribution >= 4 is 22.3 Å². The van der Waals surface area contributed by atoms with E-state index < -0.39 is 0 Å². The summed E-state index contributed by atoms with van der Waals surface area (Å²) in [5.41, 5.74) is 0. The molecule has 146 valence electrons. The van der Waals surface area contributed by atoms with Gasteiger partial charge in [0.1, 0.15) is 0 Å². The lowest BCUT2D eigenvalue weighted by Crippen LogP contribution is -2.52. The maximum absolute atomic E-state index is 4.45. The molecule has 2 fully saturated rings. The number of hydrogen-bond donors (Lipinski definition) is 2. The van der Waals surface area contributed by atoms with Crippen LogP contribution in [0, 0.1) is 5.92 Å². The summed E-state index contributed by atoms with van der Waals surface area (Å²) in [7, 11) is 1.88. The van der Waals surface area contributed by atoms with Crippen molar-refractivity contribution in [3.63, 3.8) is 0 Å². The predicted octanol–water partition coefficient (Wildman–Crippen LogP) is 3.00. The van der Waals surface area contributed by atoms with E-state index in [0.717, 1.165) is 44.4 Å². The van der Waals surface area contributed by atoms with Gasteiger partial charge in [-0.25, -0.2) is 0 Å². The molecule has 2 atom stereocenters. The van der Waals surface area contributed by atoms with Gasteiger partial charge in [-0.3, -0.25) is 9.89 Å². The smallest absolute Gasteiger partial charge is 0.191 e. The van der Waals surface area contributed by atoms with Crippen LogP contribution in [0.4, 0.5) is 5.00 Å². The predicted molar refractivity (Wildman–Crippen MR) is 113 cm³/mol. The molecule has 2 unspecified atom stereocenters. The molecule has 0 saturated carbocycles. The van der Waals surface area contributed by atoms with Crippen molar-refractivity contribution in [3.05, 3.63) is 17.5 Å². The van der Waals surface area contributed by atoms with E-state index in [-0.39, 0.29) is 0 Å². The van der Waals surface area contributed by atoms with Gasteiger partial charge in [-0.05, 0) is 62.6 Å². The third-order valence-corrected chi connectivity index (χ3v) is 6.68. The summed E-state index contributed by atoms with van der Waals surface area (Å²) in [6, 6.07) is 5.43. The summed E-state index contributed by atoms with van der Waals surface area (Å²) in [6.45, 7) is 10.4. The lowest BCUT2D eigenvalue weighted by atomic mass is 9.99. The Bertz CT molecular complexity index is 551. The molecular weight excluding hydrogens is 342 g/mol. The lowest BCUT2D eigenvalue weighted by molar-refractivity contribution is 0.139. The van der Waals surface area contributed by atoms with Crippen LogP contribution < -0.4 is 15.5 Å². The summed E-state index contributed by atoms with van der Waals surface area (Å²) < 4.78 is 0. The average Bonchev–Trinajstić information content (AvgIpc) is 3.20. The van der Waals surface area contributed by atoms with Gasteiger partial charge in [0.2, 0.25) is 0 Å². The third-order valence-electron chi connectivity index (χ3n) is 5.75. The van der Waals surface area contributed by atoms with Gasteiger partial charge in [0.15, 0.2) is 5.96 Å². The SMILES string of the molecule is CN=C(NCC(C)N1CCCC(C)C1)NC1CCN(c2cccs2)CC1. The monoisotopic (exact) mass is 377 g/mol. The fourth-order valence-electron chi connectivity index (χ4n) is 4.08. The van der Waals surface area contributed by atoms with E-state index in [0.29, 0.717) is 12.1 Å². The molecule has 0 radical (unpaired) electrons. The molecule has 2 saturated heterocycles. The molecule has 2 aliphatic heterocycles. The Hall–Kier alpha value is -1.27. The molecule has 0 amide bonds. The zero-order chi connectivity index (χ0) is 18.4. The van der Waals surface area contributed by atoms with Crippen molar-refractivity contribution in [2.75, 3.05) is 44.7 Å². The first-order valence-corrected chi connectivity index (χ1v) is 11.0. The number of nitrogens with one attached hydrogen (secondary N) is 2. The van der Waals surface area contributed by atoms with Crippen LogP contribution >= 0.6 is 11.3 Å². The second kappa shape index (κ2) is 9.60. The summed E-state index contributed by atoms with van der Waals surface area (Å²) in [4.78, 5) is 9.57. The number of hydrogen-bond acceptors (Lipinski definition) is 4. The van der Waals surface area contributed by atoms with Crippen LogP contribution in [0.25, 0.3) is 0 Å². The topological polar surface area (TPSA) is 42.9 Å². The number of piperidine rings is 2. The second-order valence-corrected chi connectivity index (χ2v) is 8.83. The average molecular weight is 378 g/mol. The molecule has 3 heterocycles. The largest absolute Gasteiger partial charge is 0.363 e. The Morgan fingerprint density at radius 3 is 2.77 bits per heavy atom. The number of anilines is 1. The van der Waals surface area contributed by atoms with E-state index in [4.69, 9.17) is 0 Å². The Balaban J connectivity index is 1.39. The van der Waals surface area contributed by atoms with Gasteiger partial charge in [0.05, 0.1) is 5.00 Å². The molecule has 1 aromatic heterocycles. The first-order valence-electron chi connectivity index (χ1n) is 10.2. The standard InChI is InChI=1S/C20H35N5S/c1-16-6-4-10-25(15-16)17(2)14-22-20(21-3)23-18-8-11-24(12-9-18)19-7-5-13-26-19/h5,7,13,16-18H,4,6,8-12,14-15H2,1-3H3,(H2,21,22,23). The zero-order valence-electron chi connectivity index (χ0n) is 16.6. The van der Waals surface area contributed by atoms with E-state index in [2.05, 4.69) is 56.8 Å². The molecule has 5 nitrogen and oxygen atoms in total. The fourth-order valence-corrected chi connectivity index (χ4v) is 4.87. The molecule has 0 aliphatic carbocycles. The van der Waals surface area contributed by atoms with Gasteiger partial charge >= 0.3 is 0 Å². The highest BCUT2D eigenvalue weighted by Crippen LogP contribution is 2.24. The van der Waals surface area contributed by atoms with Crippen LogP contribution in [0.2, 0.25) is 0 Å². The third kappa shape index (κ3) is 5.36. The quantitative estimate of drug-likeness (QED) is 0.611. The van der Waals surface area contributed by atoms with Crippen LogP contribution in [0.3, 0.4) is 0 Å². The van der Waals surface area contributed by atoms with Gasteiger partial charge in [0.25, 0.3) is 0 Å². The summed E-state index contributed by atoms with van der Waals surface area (Å²) in [5, 5.41) is 10.7. The van der Waals surface area contributed by atoms with E-state index in [1.54, 1.807) is 0 Å². The first-order chi connectivity index (χ1) is 12.7. The van der Waals surface area contributed by atoms with Gasteiger partial charge in [-0.1, -0.05) is 6.92 Å². The highest BCUT2D eigenvalue weighted by Gasteiger charge is 2.23. The van der Waals surface area contributed by atoms with Crippen molar-refractivity contribution in [1.29, 1.82) is 0 Å². The van der Waals surface area contributed by atoms with E-state index in [1.165, 1.54) is 30.9 Å². The highest BCUT2D eigenvalue weighted by atomic mass is 32.1. The van der Waals surface area contributed by atoms with Crippen LogP contribution in [0.15, 0.2) is 22.5 Å². The summed E-state index contributed by atoms with van der Waals surface area (Å²) in [5.74, 6) is 1.79. The Kier molecular flexibility index (Phi) is 7.20. The van der Waals surface area contributed by atoms with Crippen molar-refractivity contribution < 1.29 is 0 Å². The number of rotatable bonds is 5. The van der Waals surface area contributed by atoms with Crippen LogP contribution in [-0.4, -0.2) is 62.7 Å². The van der Waals surface area contributed by atoms with Gasteiger partial charge in [0, 0.05) is 45.3 Å². The molecule has 26 heavy (non-hydrogen) atoms. The van der Waals surface area contributed by atoms with Crippen molar-refractivity contribution in [2.45, 2.75) is 51.6 Å². The Morgan fingerprint density at radius 2 is 2.12 bits per heavy atom. The Morgan fingerprint density at radius 1 is 1.31 bits per heavy atom.